The fraction of sp³-hybridized carbons (Fsp3) is 0.462. The molecule has 1 aromatic rings. The number of benzene rings is 1. The fourth-order valence-electron chi connectivity index (χ4n) is 1.13. The van der Waals surface area contributed by atoms with E-state index in [0.717, 1.165) is 6.42 Å². The lowest BCUT2D eigenvalue weighted by Gasteiger charge is -2.17. The predicted octanol–water partition coefficient (Wildman–Crippen LogP) is 3.98. The predicted molar refractivity (Wildman–Crippen MR) is 58.7 cm³/mol. The third-order valence-corrected chi connectivity index (χ3v) is 2.03. The van der Waals surface area contributed by atoms with Gasteiger partial charge in [-0.25, -0.2) is 0 Å². The number of hydrogen-bond acceptors (Lipinski definition) is 0. The molecule has 0 aliphatic carbocycles. The van der Waals surface area contributed by atoms with Crippen LogP contribution in [0, 0.1) is 18.8 Å². The van der Waals surface area contributed by atoms with Gasteiger partial charge in [0.2, 0.25) is 0 Å². The molecule has 0 spiro atoms. The van der Waals surface area contributed by atoms with Crippen LogP contribution in [-0.2, 0) is 0 Å². The Balaban J connectivity index is 2.51. The summed E-state index contributed by atoms with van der Waals surface area (Å²) in [4.78, 5) is 0. The molecule has 0 atom stereocenters. The van der Waals surface area contributed by atoms with E-state index in [1.54, 1.807) is 0 Å². The zero-order chi connectivity index (χ0) is 9.90. The molecule has 0 heteroatoms. The third kappa shape index (κ3) is 4.12. The Morgan fingerprint density at radius 2 is 1.62 bits per heavy atom. The average Bonchev–Trinajstić information content (AvgIpc) is 2.02. The van der Waals surface area contributed by atoms with Crippen LogP contribution in [0.15, 0.2) is 24.3 Å². The molecule has 1 aromatic carbocycles. The van der Waals surface area contributed by atoms with Gasteiger partial charge in [0.05, 0.1) is 0 Å². The normalized spacial score (nSPS) is 11.7. The molecule has 0 unspecified atom stereocenters. The second kappa shape index (κ2) is 3.95. The Labute approximate surface area is 82.0 Å². The van der Waals surface area contributed by atoms with Gasteiger partial charge in [-0.05, 0) is 30.7 Å². The van der Waals surface area contributed by atoms with E-state index in [4.69, 9.17) is 0 Å². The smallest absolute Gasteiger partial charge is 0.00879 e. The Bertz CT molecular complexity index is 248. The largest absolute Gasteiger partial charge is 0.0602 e. The molecular formula is C13H19. The van der Waals surface area contributed by atoms with Crippen LogP contribution in [0.4, 0.5) is 0 Å². The molecule has 0 amide bonds. The first-order valence-electron chi connectivity index (χ1n) is 4.87. The fourth-order valence-corrected chi connectivity index (χ4v) is 1.13. The summed E-state index contributed by atoms with van der Waals surface area (Å²) in [6, 6.07) is 8.69. The molecule has 0 bridgehead atoms. The summed E-state index contributed by atoms with van der Waals surface area (Å²) in [6.45, 7) is 8.90. The highest BCUT2D eigenvalue weighted by atomic mass is 14.1. The highest BCUT2D eigenvalue weighted by Gasteiger charge is 2.09. The monoisotopic (exact) mass is 175 g/mol. The van der Waals surface area contributed by atoms with Crippen LogP contribution < -0.4 is 0 Å². The highest BCUT2D eigenvalue weighted by molar-refractivity contribution is 5.26. The van der Waals surface area contributed by atoms with Crippen molar-refractivity contribution in [2.75, 3.05) is 0 Å². The number of rotatable bonds is 2. The van der Waals surface area contributed by atoms with Crippen LogP contribution in [-0.4, -0.2) is 0 Å². The van der Waals surface area contributed by atoms with Crippen LogP contribution in [0.1, 0.15) is 38.3 Å². The lowest BCUT2D eigenvalue weighted by molar-refractivity contribution is 0.410. The maximum Gasteiger partial charge on any atom is -0.00879 e. The zero-order valence-electron chi connectivity index (χ0n) is 9.09. The topological polar surface area (TPSA) is 0 Å². The Hall–Kier alpha value is -0.780. The van der Waals surface area contributed by atoms with Crippen molar-refractivity contribution in [3.63, 3.8) is 0 Å². The molecule has 1 rings (SSSR count). The number of aryl methyl sites for hydroxylation is 1. The molecule has 1 radical (unpaired) electrons. The molecule has 0 fully saturated rings. The molecular weight excluding hydrogens is 156 g/mol. The average molecular weight is 175 g/mol. The Kier molecular flexibility index (Phi) is 3.13. The first kappa shape index (κ1) is 10.3. The van der Waals surface area contributed by atoms with Gasteiger partial charge in [-0.15, -0.1) is 0 Å². The molecule has 0 saturated carbocycles. The summed E-state index contributed by atoms with van der Waals surface area (Å²) >= 11 is 0. The number of hydrogen-bond donors (Lipinski definition) is 0. The minimum Gasteiger partial charge on any atom is -0.0602 e. The minimum atomic E-state index is 0.394. The van der Waals surface area contributed by atoms with Gasteiger partial charge in [0, 0.05) is 0 Å². The van der Waals surface area contributed by atoms with Crippen molar-refractivity contribution in [1.82, 2.24) is 0 Å². The second-order valence-electron chi connectivity index (χ2n) is 4.88. The summed E-state index contributed by atoms with van der Waals surface area (Å²) in [5.74, 6) is 0. The van der Waals surface area contributed by atoms with Crippen LogP contribution in [0.25, 0.3) is 0 Å². The van der Waals surface area contributed by atoms with Crippen molar-refractivity contribution < 1.29 is 0 Å². The van der Waals surface area contributed by atoms with Gasteiger partial charge < -0.3 is 0 Å². The van der Waals surface area contributed by atoms with E-state index in [2.05, 4.69) is 58.4 Å². The van der Waals surface area contributed by atoms with Crippen LogP contribution in [0.2, 0.25) is 0 Å². The molecule has 0 N–H and O–H groups in total. The second-order valence-corrected chi connectivity index (χ2v) is 4.88. The summed E-state index contributed by atoms with van der Waals surface area (Å²) in [6.07, 6.45) is 3.44. The Morgan fingerprint density at radius 3 is 2.08 bits per heavy atom. The summed E-state index contributed by atoms with van der Waals surface area (Å²) < 4.78 is 0. The van der Waals surface area contributed by atoms with Crippen LogP contribution in [0.5, 0.6) is 0 Å². The van der Waals surface area contributed by atoms with Crippen molar-refractivity contribution in [2.24, 2.45) is 5.41 Å². The standard InChI is InChI=1S/C13H19/c1-11-5-7-12(8-6-11)9-10-13(2,3)4/h5-9H,10H2,1-4H3. The van der Waals surface area contributed by atoms with Gasteiger partial charge in [-0.2, -0.15) is 0 Å². The molecule has 0 nitrogen and oxygen atoms in total. The van der Waals surface area contributed by atoms with Gasteiger partial charge in [0.15, 0.2) is 0 Å². The maximum atomic E-state index is 2.31. The molecule has 0 heterocycles. The summed E-state index contributed by atoms with van der Waals surface area (Å²) in [7, 11) is 0. The lowest BCUT2D eigenvalue weighted by Crippen LogP contribution is -2.04. The zero-order valence-corrected chi connectivity index (χ0v) is 9.09. The van der Waals surface area contributed by atoms with Gasteiger partial charge in [0.25, 0.3) is 0 Å². The summed E-state index contributed by atoms with van der Waals surface area (Å²) in [5, 5.41) is 0. The minimum absolute atomic E-state index is 0.394. The van der Waals surface area contributed by atoms with Crippen LogP contribution >= 0.6 is 0 Å². The molecule has 0 saturated heterocycles. The van der Waals surface area contributed by atoms with Gasteiger partial charge in [-0.1, -0.05) is 50.6 Å². The van der Waals surface area contributed by atoms with E-state index in [1.165, 1.54) is 11.1 Å². The molecule has 0 aliphatic rings. The van der Waals surface area contributed by atoms with E-state index >= 15 is 0 Å². The van der Waals surface area contributed by atoms with E-state index in [9.17, 15) is 0 Å². The Morgan fingerprint density at radius 1 is 1.08 bits per heavy atom. The van der Waals surface area contributed by atoms with E-state index < -0.39 is 0 Å². The molecule has 71 valence electrons. The summed E-state index contributed by atoms with van der Waals surface area (Å²) in [5.41, 5.74) is 3.05. The van der Waals surface area contributed by atoms with Crippen LogP contribution in [0.3, 0.4) is 0 Å². The lowest BCUT2D eigenvalue weighted by atomic mass is 9.88. The molecule has 0 aliphatic heterocycles. The highest BCUT2D eigenvalue weighted by Crippen LogP contribution is 2.22. The molecule has 0 aromatic heterocycles. The van der Waals surface area contributed by atoms with Gasteiger partial charge in [0.1, 0.15) is 0 Å². The quantitative estimate of drug-likeness (QED) is 0.637. The van der Waals surface area contributed by atoms with Crippen molar-refractivity contribution in [3.8, 4) is 0 Å². The van der Waals surface area contributed by atoms with Gasteiger partial charge >= 0.3 is 0 Å². The van der Waals surface area contributed by atoms with Crippen molar-refractivity contribution in [2.45, 2.75) is 34.1 Å². The first-order chi connectivity index (χ1) is 5.97. The molecule has 13 heavy (non-hydrogen) atoms. The first-order valence-corrected chi connectivity index (χ1v) is 4.87. The van der Waals surface area contributed by atoms with E-state index in [-0.39, 0.29) is 0 Å². The maximum absolute atomic E-state index is 2.31. The van der Waals surface area contributed by atoms with Crippen molar-refractivity contribution in [1.29, 1.82) is 0 Å². The van der Waals surface area contributed by atoms with E-state index in [0.29, 0.717) is 5.41 Å². The third-order valence-electron chi connectivity index (χ3n) is 2.03. The SMILES string of the molecule is Cc1ccc([CH]CC(C)(C)C)cc1. The van der Waals surface area contributed by atoms with Crippen molar-refractivity contribution >= 4 is 0 Å². The van der Waals surface area contributed by atoms with Gasteiger partial charge in [-0.3, -0.25) is 0 Å². The van der Waals surface area contributed by atoms with E-state index in [1.807, 2.05) is 0 Å². The van der Waals surface area contributed by atoms with Crippen molar-refractivity contribution in [3.05, 3.63) is 41.8 Å².